The fraction of sp³-hybridized carbons (Fsp3) is 0.217. The van der Waals surface area contributed by atoms with Crippen molar-refractivity contribution in [3.05, 3.63) is 105 Å². The fourth-order valence-corrected chi connectivity index (χ4v) is 3.21. The maximum Gasteiger partial charge on any atom is 0.269 e. The summed E-state index contributed by atoms with van der Waals surface area (Å²) >= 11 is 0. The van der Waals surface area contributed by atoms with Gasteiger partial charge in [-0.2, -0.15) is 0 Å². The van der Waals surface area contributed by atoms with Crippen molar-refractivity contribution < 1.29 is 9.72 Å². The van der Waals surface area contributed by atoms with Crippen LogP contribution in [0.1, 0.15) is 35.7 Å². The van der Waals surface area contributed by atoms with E-state index in [9.17, 15) is 19.7 Å². The molecule has 7 heteroatoms. The van der Waals surface area contributed by atoms with Gasteiger partial charge in [0.2, 0.25) is 0 Å². The standard InChI is InChI=1S/C23H23N3O4/c1-2-3-15-25(19-10-5-4-6-11-19)23(28)21-13-8-14-24(22(21)27)17-18-9-7-12-20(16-18)26(29)30/h4-14,16H,2-3,15,17H2,1H3. The smallest absolute Gasteiger partial charge is 0.269 e. The van der Waals surface area contributed by atoms with Gasteiger partial charge in [0, 0.05) is 30.6 Å². The molecule has 1 aromatic heterocycles. The van der Waals surface area contributed by atoms with Crippen LogP contribution in [0.25, 0.3) is 0 Å². The molecule has 0 aliphatic carbocycles. The van der Waals surface area contributed by atoms with E-state index < -0.39 is 10.5 Å². The zero-order valence-corrected chi connectivity index (χ0v) is 16.7. The van der Waals surface area contributed by atoms with Crippen LogP contribution in [0.4, 0.5) is 11.4 Å². The Bertz CT molecular complexity index is 1090. The van der Waals surface area contributed by atoms with E-state index in [-0.39, 0.29) is 23.7 Å². The van der Waals surface area contributed by atoms with Crippen LogP contribution < -0.4 is 10.5 Å². The minimum absolute atomic E-state index is 0.0393. The zero-order chi connectivity index (χ0) is 21.5. The van der Waals surface area contributed by atoms with Crippen LogP contribution in [0.5, 0.6) is 0 Å². The first-order chi connectivity index (χ1) is 14.5. The molecule has 154 valence electrons. The molecule has 0 spiro atoms. The number of pyridine rings is 1. The molecule has 0 bridgehead atoms. The second kappa shape index (κ2) is 9.65. The molecular weight excluding hydrogens is 382 g/mol. The van der Waals surface area contributed by atoms with Crippen molar-refractivity contribution in [2.24, 2.45) is 0 Å². The SMILES string of the molecule is CCCCN(C(=O)c1cccn(Cc2cccc([N+](=O)[O-])c2)c1=O)c1ccccc1. The molecule has 0 atom stereocenters. The number of hydrogen-bond acceptors (Lipinski definition) is 4. The summed E-state index contributed by atoms with van der Waals surface area (Å²) in [5.41, 5.74) is 0.961. The van der Waals surface area contributed by atoms with Crippen LogP contribution in [0, 0.1) is 10.1 Å². The van der Waals surface area contributed by atoms with E-state index in [1.807, 2.05) is 37.3 Å². The van der Waals surface area contributed by atoms with E-state index in [0.29, 0.717) is 12.1 Å². The fourth-order valence-electron chi connectivity index (χ4n) is 3.21. The lowest BCUT2D eigenvalue weighted by Crippen LogP contribution is -2.37. The second-order valence-electron chi connectivity index (χ2n) is 6.93. The van der Waals surface area contributed by atoms with E-state index in [1.165, 1.54) is 22.8 Å². The first kappa shape index (κ1) is 21.0. The Hall–Kier alpha value is -3.74. The van der Waals surface area contributed by atoms with Crippen LogP contribution in [0.2, 0.25) is 0 Å². The Labute approximate surface area is 174 Å². The highest BCUT2D eigenvalue weighted by Gasteiger charge is 2.21. The largest absolute Gasteiger partial charge is 0.310 e. The summed E-state index contributed by atoms with van der Waals surface area (Å²) < 4.78 is 1.40. The van der Waals surface area contributed by atoms with Crippen LogP contribution in [-0.2, 0) is 6.54 Å². The Morgan fingerprint density at radius 3 is 2.53 bits per heavy atom. The van der Waals surface area contributed by atoms with E-state index in [2.05, 4.69) is 0 Å². The predicted molar refractivity (Wildman–Crippen MR) is 116 cm³/mol. The number of aromatic nitrogens is 1. The lowest BCUT2D eigenvalue weighted by Gasteiger charge is -2.23. The molecule has 30 heavy (non-hydrogen) atoms. The molecule has 1 heterocycles. The lowest BCUT2D eigenvalue weighted by molar-refractivity contribution is -0.384. The first-order valence-electron chi connectivity index (χ1n) is 9.81. The van der Waals surface area contributed by atoms with Crippen molar-refractivity contribution in [2.45, 2.75) is 26.3 Å². The van der Waals surface area contributed by atoms with Crippen LogP contribution in [-0.4, -0.2) is 21.9 Å². The van der Waals surface area contributed by atoms with Gasteiger partial charge in [0.05, 0.1) is 11.5 Å². The molecule has 0 radical (unpaired) electrons. The molecule has 0 aliphatic rings. The second-order valence-corrected chi connectivity index (χ2v) is 6.93. The average molecular weight is 405 g/mol. The highest BCUT2D eigenvalue weighted by Crippen LogP contribution is 2.17. The topological polar surface area (TPSA) is 85.4 Å². The van der Waals surface area contributed by atoms with Gasteiger partial charge in [0.25, 0.3) is 17.2 Å². The van der Waals surface area contributed by atoms with Crippen LogP contribution >= 0.6 is 0 Å². The number of hydrogen-bond donors (Lipinski definition) is 0. The molecular formula is C23H23N3O4. The Morgan fingerprint density at radius 2 is 1.83 bits per heavy atom. The number of para-hydroxylation sites is 1. The average Bonchev–Trinajstić information content (AvgIpc) is 2.76. The van der Waals surface area contributed by atoms with E-state index in [1.54, 1.807) is 29.3 Å². The number of rotatable bonds is 8. The van der Waals surface area contributed by atoms with E-state index in [4.69, 9.17) is 0 Å². The van der Waals surface area contributed by atoms with Crippen molar-refractivity contribution in [3.8, 4) is 0 Å². The molecule has 0 saturated heterocycles. The third-order valence-electron chi connectivity index (χ3n) is 4.77. The number of nitro groups is 1. The number of unbranched alkanes of at least 4 members (excludes halogenated alkanes) is 1. The Balaban J connectivity index is 1.93. The molecule has 7 nitrogen and oxygen atoms in total. The van der Waals surface area contributed by atoms with Gasteiger partial charge in [-0.25, -0.2) is 0 Å². The van der Waals surface area contributed by atoms with Crippen LogP contribution in [0.3, 0.4) is 0 Å². The molecule has 0 saturated carbocycles. The number of nitrogens with zero attached hydrogens (tertiary/aromatic N) is 3. The molecule has 0 N–H and O–H groups in total. The van der Waals surface area contributed by atoms with Gasteiger partial charge in [-0.1, -0.05) is 43.7 Å². The minimum Gasteiger partial charge on any atom is -0.310 e. The summed E-state index contributed by atoms with van der Waals surface area (Å²) in [6, 6.07) is 18.6. The van der Waals surface area contributed by atoms with Crippen LogP contribution in [0.15, 0.2) is 77.7 Å². The van der Waals surface area contributed by atoms with Crippen molar-refractivity contribution >= 4 is 17.3 Å². The number of amides is 1. The normalized spacial score (nSPS) is 10.6. The van der Waals surface area contributed by atoms with Crippen molar-refractivity contribution in [1.29, 1.82) is 0 Å². The third kappa shape index (κ3) is 4.81. The molecule has 0 fully saturated rings. The molecule has 1 amide bonds. The predicted octanol–water partition coefficient (Wildman–Crippen LogP) is 4.25. The maximum atomic E-state index is 13.2. The molecule has 0 aliphatic heterocycles. The summed E-state index contributed by atoms with van der Waals surface area (Å²) in [5.74, 6) is -0.354. The van der Waals surface area contributed by atoms with Crippen molar-refractivity contribution in [2.75, 3.05) is 11.4 Å². The zero-order valence-electron chi connectivity index (χ0n) is 16.7. The number of benzene rings is 2. The van der Waals surface area contributed by atoms with Crippen molar-refractivity contribution in [1.82, 2.24) is 4.57 Å². The number of carbonyl (C=O) groups excluding carboxylic acids is 1. The van der Waals surface area contributed by atoms with Gasteiger partial charge in [-0.3, -0.25) is 19.7 Å². The lowest BCUT2D eigenvalue weighted by atomic mass is 10.1. The monoisotopic (exact) mass is 405 g/mol. The molecule has 2 aromatic carbocycles. The van der Waals surface area contributed by atoms with Crippen molar-refractivity contribution in [3.63, 3.8) is 0 Å². The minimum atomic E-state index is -0.475. The maximum absolute atomic E-state index is 13.2. The number of carbonyl (C=O) groups is 1. The van der Waals surface area contributed by atoms with E-state index in [0.717, 1.165) is 18.5 Å². The van der Waals surface area contributed by atoms with Gasteiger partial charge in [-0.15, -0.1) is 0 Å². The van der Waals surface area contributed by atoms with Gasteiger partial charge in [0.15, 0.2) is 0 Å². The molecule has 3 aromatic rings. The van der Waals surface area contributed by atoms with Gasteiger partial charge < -0.3 is 9.47 Å². The summed E-state index contributed by atoms with van der Waals surface area (Å²) in [4.78, 5) is 38.4. The molecule has 3 rings (SSSR count). The highest BCUT2D eigenvalue weighted by molar-refractivity contribution is 6.05. The quantitative estimate of drug-likeness (QED) is 0.414. The number of anilines is 1. The number of nitro benzene ring substituents is 1. The van der Waals surface area contributed by atoms with Gasteiger partial charge in [-0.05, 0) is 36.2 Å². The van der Waals surface area contributed by atoms with Gasteiger partial charge >= 0.3 is 0 Å². The summed E-state index contributed by atoms with van der Waals surface area (Å²) in [6.07, 6.45) is 3.31. The number of non-ortho nitro benzene ring substituents is 1. The highest BCUT2D eigenvalue weighted by atomic mass is 16.6. The third-order valence-corrected chi connectivity index (χ3v) is 4.77. The molecule has 0 unspecified atom stereocenters. The summed E-state index contributed by atoms with van der Waals surface area (Å²) in [5, 5.41) is 11.0. The van der Waals surface area contributed by atoms with Gasteiger partial charge in [0.1, 0.15) is 5.56 Å². The van der Waals surface area contributed by atoms with E-state index >= 15 is 0 Å². The first-order valence-corrected chi connectivity index (χ1v) is 9.81. The summed E-state index contributed by atoms with van der Waals surface area (Å²) in [7, 11) is 0. The Kier molecular flexibility index (Phi) is 6.75. The summed E-state index contributed by atoms with van der Waals surface area (Å²) in [6.45, 7) is 2.70. The Morgan fingerprint density at radius 1 is 1.07 bits per heavy atom.